The smallest absolute Gasteiger partial charge is 0.420 e. The van der Waals surface area contributed by atoms with Gasteiger partial charge in [-0.25, -0.2) is 0 Å². The number of ketones is 1. The van der Waals surface area contributed by atoms with Crippen molar-refractivity contribution in [1.29, 1.82) is 0 Å². The SMILES string of the molecule is COc1c(C(F)(F)F)ccc(C(C)=O)c1Cl. The van der Waals surface area contributed by atoms with Crippen molar-refractivity contribution >= 4 is 17.4 Å². The summed E-state index contributed by atoms with van der Waals surface area (Å²) >= 11 is 5.67. The molecule has 16 heavy (non-hydrogen) atoms. The first-order valence-corrected chi connectivity index (χ1v) is 4.61. The van der Waals surface area contributed by atoms with Gasteiger partial charge in [0.25, 0.3) is 0 Å². The maximum absolute atomic E-state index is 12.5. The molecule has 0 spiro atoms. The van der Waals surface area contributed by atoms with Crippen LogP contribution in [0.25, 0.3) is 0 Å². The van der Waals surface area contributed by atoms with Crippen LogP contribution in [0.15, 0.2) is 12.1 Å². The molecule has 0 aromatic heterocycles. The number of carbonyl (C=O) groups is 1. The predicted molar refractivity (Wildman–Crippen MR) is 53.0 cm³/mol. The Morgan fingerprint density at radius 2 is 1.94 bits per heavy atom. The van der Waals surface area contributed by atoms with Gasteiger partial charge in [0.1, 0.15) is 5.75 Å². The highest BCUT2D eigenvalue weighted by atomic mass is 35.5. The molecule has 1 rings (SSSR count). The van der Waals surface area contributed by atoms with E-state index in [1.54, 1.807) is 0 Å². The number of rotatable bonds is 2. The van der Waals surface area contributed by atoms with E-state index >= 15 is 0 Å². The standard InChI is InChI=1S/C10H8ClF3O2/c1-5(15)6-3-4-7(10(12,13)14)9(16-2)8(6)11/h3-4H,1-2H3. The molecule has 1 aromatic rings. The van der Waals surface area contributed by atoms with Crippen molar-refractivity contribution in [2.75, 3.05) is 7.11 Å². The van der Waals surface area contributed by atoms with Crippen molar-refractivity contribution in [1.82, 2.24) is 0 Å². The maximum atomic E-state index is 12.5. The molecule has 88 valence electrons. The normalized spacial score (nSPS) is 11.4. The van der Waals surface area contributed by atoms with Crippen molar-refractivity contribution < 1.29 is 22.7 Å². The topological polar surface area (TPSA) is 26.3 Å². The van der Waals surface area contributed by atoms with Gasteiger partial charge in [-0.2, -0.15) is 13.2 Å². The molecule has 0 N–H and O–H groups in total. The van der Waals surface area contributed by atoms with Gasteiger partial charge in [-0.15, -0.1) is 0 Å². The van der Waals surface area contributed by atoms with Gasteiger partial charge in [0.15, 0.2) is 5.78 Å². The van der Waals surface area contributed by atoms with Crippen molar-refractivity contribution in [3.63, 3.8) is 0 Å². The molecule has 0 atom stereocenters. The van der Waals surface area contributed by atoms with Crippen LogP contribution in [0.3, 0.4) is 0 Å². The summed E-state index contributed by atoms with van der Waals surface area (Å²) in [5.41, 5.74) is -0.989. The molecule has 0 saturated heterocycles. The average molecular weight is 253 g/mol. The number of halogens is 4. The highest BCUT2D eigenvalue weighted by molar-refractivity contribution is 6.35. The number of methoxy groups -OCH3 is 1. The van der Waals surface area contributed by atoms with E-state index in [2.05, 4.69) is 4.74 Å². The fourth-order valence-electron chi connectivity index (χ4n) is 1.25. The van der Waals surface area contributed by atoms with Gasteiger partial charge in [0.05, 0.1) is 17.7 Å². The molecule has 0 saturated carbocycles. The van der Waals surface area contributed by atoms with E-state index in [4.69, 9.17) is 11.6 Å². The molecule has 0 aliphatic heterocycles. The Balaban J connectivity index is 3.47. The Labute approximate surface area is 95.0 Å². The molecule has 6 heteroatoms. The fourth-order valence-corrected chi connectivity index (χ4v) is 1.63. The van der Waals surface area contributed by atoms with Gasteiger partial charge in [-0.3, -0.25) is 4.79 Å². The second-order valence-corrected chi connectivity index (χ2v) is 3.44. The molecule has 2 nitrogen and oxygen atoms in total. The first kappa shape index (κ1) is 12.8. The quantitative estimate of drug-likeness (QED) is 0.752. The lowest BCUT2D eigenvalue weighted by atomic mass is 10.1. The summed E-state index contributed by atoms with van der Waals surface area (Å²) in [6, 6.07) is 1.82. The molecule has 0 aliphatic carbocycles. The van der Waals surface area contributed by atoms with Crippen molar-refractivity contribution in [3.05, 3.63) is 28.3 Å². The lowest BCUT2D eigenvalue weighted by Gasteiger charge is -2.14. The van der Waals surface area contributed by atoms with Crippen LogP contribution in [0.1, 0.15) is 22.8 Å². The highest BCUT2D eigenvalue weighted by Crippen LogP contribution is 2.41. The summed E-state index contributed by atoms with van der Waals surface area (Å²) in [6.07, 6.45) is -4.57. The first-order valence-electron chi connectivity index (χ1n) is 4.23. The third-order valence-corrected chi connectivity index (χ3v) is 2.36. The van der Waals surface area contributed by atoms with Gasteiger partial charge in [0, 0.05) is 5.56 Å². The number of hydrogen-bond donors (Lipinski definition) is 0. The minimum absolute atomic E-state index is 0.00603. The Kier molecular flexibility index (Phi) is 3.48. The third-order valence-electron chi connectivity index (χ3n) is 1.99. The summed E-state index contributed by atoms with van der Waals surface area (Å²) in [5.74, 6) is -0.945. The minimum Gasteiger partial charge on any atom is -0.495 e. The monoisotopic (exact) mass is 252 g/mol. The van der Waals surface area contributed by atoms with Gasteiger partial charge >= 0.3 is 6.18 Å². The van der Waals surface area contributed by atoms with Crippen molar-refractivity contribution in [2.24, 2.45) is 0 Å². The molecule has 0 amide bonds. The molecule has 0 bridgehead atoms. The zero-order chi connectivity index (χ0) is 12.5. The second kappa shape index (κ2) is 4.33. The van der Waals surface area contributed by atoms with Gasteiger partial charge in [-0.05, 0) is 19.1 Å². The number of hydrogen-bond acceptors (Lipinski definition) is 2. The Bertz CT molecular complexity index is 427. The van der Waals surface area contributed by atoms with Crippen LogP contribution < -0.4 is 4.74 Å². The third kappa shape index (κ3) is 2.29. The van der Waals surface area contributed by atoms with Crippen LogP contribution in [0.2, 0.25) is 5.02 Å². The Hall–Kier alpha value is -1.23. The van der Waals surface area contributed by atoms with E-state index in [9.17, 15) is 18.0 Å². The van der Waals surface area contributed by atoms with Gasteiger partial charge in [-0.1, -0.05) is 11.6 Å². The maximum Gasteiger partial charge on any atom is 0.420 e. The number of Topliss-reactive ketones (excluding diaryl/α,β-unsaturated/α-hetero) is 1. The average Bonchev–Trinajstić information content (AvgIpc) is 2.15. The molecular formula is C10H8ClF3O2. The minimum atomic E-state index is -4.57. The predicted octanol–water partition coefficient (Wildman–Crippen LogP) is 3.57. The number of carbonyl (C=O) groups excluding carboxylic acids is 1. The van der Waals surface area contributed by atoms with E-state index in [0.717, 1.165) is 19.2 Å². The van der Waals surface area contributed by atoms with Crippen LogP contribution >= 0.6 is 11.6 Å². The van der Waals surface area contributed by atoms with E-state index in [0.29, 0.717) is 0 Å². The van der Waals surface area contributed by atoms with Crippen LogP contribution in [0.4, 0.5) is 13.2 Å². The van der Waals surface area contributed by atoms with Crippen LogP contribution in [0, 0.1) is 0 Å². The van der Waals surface area contributed by atoms with Gasteiger partial charge < -0.3 is 4.74 Å². The highest BCUT2D eigenvalue weighted by Gasteiger charge is 2.36. The molecule has 0 unspecified atom stereocenters. The Morgan fingerprint density at radius 1 is 1.38 bits per heavy atom. The zero-order valence-corrected chi connectivity index (χ0v) is 9.24. The Morgan fingerprint density at radius 3 is 2.31 bits per heavy atom. The lowest BCUT2D eigenvalue weighted by Crippen LogP contribution is -2.09. The lowest BCUT2D eigenvalue weighted by molar-refractivity contribution is -0.138. The molecule has 0 fully saturated rings. The summed E-state index contributed by atoms with van der Waals surface area (Å²) in [4.78, 5) is 11.1. The van der Waals surface area contributed by atoms with E-state index < -0.39 is 23.3 Å². The zero-order valence-electron chi connectivity index (χ0n) is 8.48. The van der Waals surface area contributed by atoms with E-state index in [1.807, 2.05) is 0 Å². The first-order chi connectivity index (χ1) is 7.29. The van der Waals surface area contributed by atoms with E-state index in [1.165, 1.54) is 6.92 Å². The van der Waals surface area contributed by atoms with Crippen LogP contribution in [-0.2, 0) is 6.18 Å². The number of alkyl halides is 3. The van der Waals surface area contributed by atoms with Crippen molar-refractivity contribution in [2.45, 2.75) is 13.1 Å². The van der Waals surface area contributed by atoms with Crippen LogP contribution in [0.5, 0.6) is 5.75 Å². The summed E-state index contributed by atoms with van der Waals surface area (Å²) < 4.78 is 42.2. The molecule has 0 aliphatic rings. The molecule has 0 heterocycles. The molecular weight excluding hydrogens is 245 g/mol. The largest absolute Gasteiger partial charge is 0.495 e. The van der Waals surface area contributed by atoms with Crippen molar-refractivity contribution in [3.8, 4) is 5.75 Å². The summed E-state index contributed by atoms with van der Waals surface area (Å²) in [5, 5.41) is -0.315. The fraction of sp³-hybridized carbons (Fsp3) is 0.300. The van der Waals surface area contributed by atoms with Crippen LogP contribution in [-0.4, -0.2) is 12.9 Å². The number of benzene rings is 1. The van der Waals surface area contributed by atoms with E-state index in [-0.39, 0.29) is 10.6 Å². The molecule has 1 aromatic carbocycles. The summed E-state index contributed by atoms with van der Waals surface area (Å²) in [6.45, 7) is 1.22. The summed E-state index contributed by atoms with van der Waals surface area (Å²) in [7, 11) is 1.07. The second-order valence-electron chi connectivity index (χ2n) is 3.06. The van der Waals surface area contributed by atoms with Gasteiger partial charge in [0.2, 0.25) is 0 Å². The molecule has 0 radical (unpaired) electrons. The number of ether oxygens (including phenoxy) is 1.